The highest BCUT2D eigenvalue weighted by atomic mass is 16.5. The molecular weight excluding hydrogens is 360 g/mol. The lowest BCUT2D eigenvalue weighted by atomic mass is 9.44. The maximum Gasteiger partial charge on any atom is 0.111 e. The van der Waals surface area contributed by atoms with E-state index < -0.39 is 5.60 Å². The van der Waals surface area contributed by atoms with Gasteiger partial charge in [-0.25, -0.2) is 0 Å². The molecular formula is C26H42O3. The van der Waals surface area contributed by atoms with Crippen LogP contribution in [0.15, 0.2) is 11.8 Å². The first kappa shape index (κ1) is 20.4. The van der Waals surface area contributed by atoms with Gasteiger partial charge in [0.2, 0.25) is 0 Å². The lowest BCUT2D eigenvalue weighted by molar-refractivity contribution is -0.178. The predicted octanol–water partition coefficient (Wildman–Crippen LogP) is 5.87. The van der Waals surface area contributed by atoms with E-state index in [-0.39, 0.29) is 28.3 Å². The van der Waals surface area contributed by atoms with E-state index in [9.17, 15) is 10.2 Å². The summed E-state index contributed by atoms with van der Waals surface area (Å²) in [4.78, 5) is 0. The number of hydrogen-bond acceptors (Lipinski definition) is 3. The summed E-state index contributed by atoms with van der Waals surface area (Å²) >= 11 is 0. The number of aliphatic hydroxyl groups is 2. The third kappa shape index (κ3) is 2.08. The molecule has 5 aliphatic rings. The predicted molar refractivity (Wildman–Crippen MR) is 115 cm³/mol. The molecule has 0 aromatic carbocycles. The molecule has 4 fully saturated rings. The van der Waals surface area contributed by atoms with Crippen LogP contribution in [-0.2, 0) is 4.74 Å². The smallest absolute Gasteiger partial charge is 0.111 e. The number of hydrogen-bond donors (Lipinski definition) is 2. The Morgan fingerprint density at radius 2 is 1.90 bits per heavy atom. The zero-order chi connectivity index (χ0) is 20.8. The largest absolute Gasteiger partial charge is 0.512 e. The molecule has 0 amide bonds. The van der Waals surface area contributed by atoms with Crippen molar-refractivity contribution < 1.29 is 14.9 Å². The SMILES string of the molecule is CO[C@H]1C=C(O)[C@H]2[C@@]34CC[C@@H]5[C@@H](CCC(C)C)CCC[C@@H]5[C@]3(C)[C@](C)(CC4)[C@@]12O. The van der Waals surface area contributed by atoms with Crippen LogP contribution in [0.5, 0.6) is 0 Å². The second-order valence-electron chi connectivity index (χ2n) is 12.2. The fourth-order valence-corrected chi connectivity index (χ4v) is 10.1. The van der Waals surface area contributed by atoms with E-state index in [1.807, 2.05) is 6.08 Å². The molecule has 9 atom stereocenters. The lowest BCUT2D eigenvalue weighted by Crippen LogP contribution is -2.58. The zero-order valence-corrected chi connectivity index (χ0v) is 19.2. The molecule has 164 valence electrons. The van der Waals surface area contributed by atoms with Gasteiger partial charge in [0.1, 0.15) is 11.7 Å². The van der Waals surface area contributed by atoms with Crippen molar-refractivity contribution in [1.29, 1.82) is 0 Å². The fourth-order valence-electron chi connectivity index (χ4n) is 10.1. The third-order valence-electron chi connectivity index (χ3n) is 11.4. The highest BCUT2D eigenvalue weighted by Gasteiger charge is 2.87. The van der Waals surface area contributed by atoms with Gasteiger partial charge < -0.3 is 14.9 Å². The zero-order valence-electron chi connectivity index (χ0n) is 19.2. The van der Waals surface area contributed by atoms with Crippen molar-refractivity contribution in [2.75, 3.05) is 7.11 Å². The maximum absolute atomic E-state index is 12.3. The van der Waals surface area contributed by atoms with Crippen molar-refractivity contribution in [3.63, 3.8) is 0 Å². The van der Waals surface area contributed by atoms with E-state index in [1.54, 1.807) is 7.11 Å². The van der Waals surface area contributed by atoms with Gasteiger partial charge in [-0.3, -0.25) is 0 Å². The van der Waals surface area contributed by atoms with Gasteiger partial charge in [-0.05, 0) is 79.1 Å². The number of aliphatic hydroxyl groups excluding tert-OH is 1. The monoisotopic (exact) mass is 402 g/mol. The van der Waals surface area contributed by atoms with Crippen LogP contribution in [-0.4, -0.2) is 29.0 Å². The number of ether oxygens (including phenoxy) is 1. The van der Waals surface area contributed by atoms with E-state index in [2.05, 4.69) is 27.7 Å². The first-order valence-corrected chi connectivity index (χ1v) is 12.3. The van der Waals surface area contributed by atoms with Crippen LogP contribution in [0.25, 0.3) is 0 Å². The average Bonchev–Trinajstić information content (AvgIpc) is 3.15. The number of rotatable bonds is 4. The van der Waals surface area contributed by atoms with Crippen molar-refractivity contribution in [2.24, 2.45) is 45.8 Å². The highest BCUT2D eigenvalue weighted by molar-refractivity contribution is 5.42. The summed E-state index contributed by atoms with van der Waals surface area (Å²) in [5.74, 6) is 3.39. The first-order chi connectivity index (χ1) is 13.7. The van der Waals surface area contributed by atoms with Crippen molar-refractivity contribution >= 4 is 0 Å². The second-order valence-corrected chi connectivity index (χ2v) is 12.2. The molecule has 5 aliphatic carbocycles. The number of methoxy groups -OCH3 is 1. The summed E-state index contributed by atoms with van der Waals surface area (Å²) < 4.78 is 5.80. The molecule has 29 heavy (non-hydrogen) atoms. The molecule has 0 unspecified atom stereocenters. The molecule has 0 aromatic rings. The molecule has 5 rings (SSSR count). The van der Waals surface area contributed by atoms with Crippen LogP contribution in [0.3, 0.4) is 0 Å². The van der Waals surface area contributed by atoms with E-state index in [0.29, 0.717) is 11.7 Å². The van der Waals surface area contributed by atoms with Crippen LogP contribution in [0.4, 0.5) is 0 Å². The summed E-state index contributed by atoms with van der Waals surface area (Å²) in [6.45, 7) is 9.59. The summed E-state index contributed by atoms with van der Waals surface area (Å²) in [5, 5.41) is 23.4. The summed E-state index contributed by atoms with van der Waals surface area (Å²) in [6, 6.07) is 0. The molecule has 0 radical (unpaired) electrons. The molecule has 4 saturated carbocycles. The van der Waals surface area contributed by atoms with Crippen LogP contribution >= 0.6 is 0 Å². The van der Waals surface area contributed by atoms with Gasteiger partial charge in [0.05, 0.1) is 11.7 Å². The van der Waals surface area contributed by atoms with Crippen molar-refractivity contribution in [3.05, 3.63) is 11.8 Å². The van der Waals surface area contributed by atoms with Gasteiger partial charge in [-0.1, -0.05) is 47.0 Å². The van der Waals surface area contributed by atoms with Gasteiger partial charge in [0.15, 0.2) is 0 Å². The van der Waals surface area contributed by atoms with Crippen LogP contribution < -0.4 is 0 Å². The van der Waals surface area contributed by atoms with Crippen LogP contribution in [0.1, 0.15) is 85.5 Å². The molecule has 3 heteroatoms. The Morgan fingerprint density at radius 1 is 1.14 bits per heavy atom. The van der Waals surface area contributed by atoms with Crippen LogP contribution in [0.2, 0.25) is 0 Å². The Kier molecular flexibility index (Phi) is 4.39. The third-order valence-corrected chi connectivity index (χ3v) is 11.4. The summed E-state index contributed by atoms with van der Waals surface area (Å²) in [7, 11) is 1.69. The molecule has 0 spiro atoms. The molecule has 3 nitrogen and oxygen atoms in total. The van der Waals surface area contributed by atoms with E-state index in [4.69, 9.17) is 4.74 Å². The van der Waals surface area contributed by atoms with Gasteiger partial charge in [0, 0.05) is 12.5 Å². The Bertz CT molecular complexity index is 715. The van der Waals surface area contributed by atoms with Gasteiger partial charge in [-0.2, -0.15) is 0 Å². The Labute approximate surface area is 177 Å². The molecule has 2 N–H and O–H groups in total. The Balaban J connectivity index is 1.58. The topological polar surface area (TPSA) is 49.7 Å². The minimum Gasteiger partial charge on any atom is -0.512 e. The van der Waals surface area contributed by atoms with Crippen molar-refractivity contribution in [2.45, 2.75) is 97.2 Å². The quantitative estimate of drug-likeness (QED) is 0.618. The van der Waals surface area contributed by atoms with Gasteiger partial charge in [0.25, 0.3) is 0 Å². The molecule has 2 bridgehead atoms. The molecule has 0 heterocycles. The Morgan fingerprint density at radius 3 is 2.59 bits per heavy atom. The van der Waals surface area contributed by atoms with Gasteiger partial charge in [-0.15, -0.1) is 0 Å². The standard InChI is InChI=1S/C26H42O3/c1-16(2)9-10-17-7-6-8-19-18(17)11-12-25-14-13-23(3,24(19,25)4)26(28)21(29-5)15-20(27)22(25)26/h15-19,21-22,27-28H,6-14H2,1-5H3/t17-,18-,19+,21+,22+,23+,24-,25+,26-/m1/s1. The molecule has 0 saturated heterocycles. The van der Waals surface area contributed by atoms with Crippen molar-refractivity contribution in [1.82, 2.24) is 0 Å². The molecule has 0 aromatic heterocycles. The molecule has 0 aliphatic heterocycles. The average molecular weight is 403 g/mol. The number of fused-ring (bicyclic) bond motifs is 3. The fraction of sp³-hybridized carbons (Fsp3) is 0.923. The van der Waals surface area contributed by atoms with E-state index in [1.165, 1.54) is 44.9 Å². The Hall–Kier alpha value is -0.540. The van der Waals surface area contributed by atoms with Crippen LogP contribution in [0, 0.1) is 45.8 Å². The summed E-state index contributed by atoms with van der Waals surface area (Å²) in [6.07, 6.45) is 12.9. The van der Waals surface area contributed by atoms with E-state index in [0.717, 1.165) is 30.6 Å². The van der Waals surface area contributed by atoms with E-state index >= 15 is 0 Å². The normalized spacial score (nSPS) is 55.6. The maximum atomic E-state index is 12.3. The van der Waals surface area contributed by atoms with Crippen molar-refractivity contribution in [3.8, 4) is 0 Å². The second kappa shape index (κ2) is 6.25. The first-order valence-electron chi connectivity index (χ1n) is 12.3. The lowest BCUT2D eigenvalue weighted by Gasteiger charge is -2.60. The summed E-state index contributed by atoms with van der Waals surface area (Å²) in [5.41, 5.74) is -1.04. The highest BCUT2D eigenvalue weighted by Crippen LogP contribution is 2.86. The minimum absolute atomic E-state index is 0.0332. The van der Waals surface area contributed by atoms with Gasteiger partial charge >= 0.3 is 0 Å². The minimum atomic E-state index is -0.960.